The van der Waals surface area contributed by atoms with E-state index < -0.39 is 5.97 Å². The van der Waals surface area contributed by atoms with Crippen molar-refractivity contribution in [3.63, 3.8) is 0 Å². The van der Waals surface area contributed by atoms with Crippen LogP contribution in [0.3, 0.4) is 0 Å². The molecule has 3 aromatic rings. The average Bonchev–Trinajstić information content (AvgIpc) is 3.17. The predicted molar refractivity (Wildman–Crippen MR) is 79.3 cm³/mol. The van der Waals surface area contributed by atoms with Crippen molar-refractivity contribution < 1.29 is 14.1 Å². The molecule has 3 rings (SSSR count). The van der Waals surface area contributed by atoms with E-state index >= 15 is 0 Å². The summed E-state index contributed by atoms with van der Waals surface area (Å²) in [5.41, 5.74) is 2.45. The summed E-state index contributed by atoms with van der Waals surface area (Å²) in [6.45, 7) is 2.31. The molecule has 0 aliphatic heterocycles. The van der Waals surface area contributed by atoms with Crippen molar-refractivity contribution in [1.29, 1.82) is 0 Å². The van der Waals surface area contributed by atoms with E-state index in [0.717, 1.165) is 11.1 Å². The Hall–Kier alpha value is -2.89. The molecule has 6 nitrogen and oxygen atoms in total. The van der Waals surface area contributed by atoms with Crippen molar-refractivity contribution in [3.05, 3.63) is 59.7 Å². The lowest BCUT2D eigenvalue weighted by atomic mass is 10.1. The van der Waals surface area contributed by atoms with Crippen molar-refractivity contribution >= 4 is 5.97 Å². The van der Waals surface area contributed by atoms with Crippen molar-refractivity contribution in [3.8, 4) is 11.4 Å². The minimum absolute atomic E-state index is 0.316. The van der Waals surface area contributed by atoms with Crippen molar-refractivity contribution in [2.45, 2.75) is 13.5 Å². The van der Waals surface area contributed by atoms with Crippen molar-refractivity contribution in [2.75, 3.05) is 7.11 Å². The zero-order valence-electron chi connectivity index (χ0n) is 12.3. The number of aromatic nitrogens is 3. The average molecular weight is 297 g/mol. The van der Waals surface area contributed by atoms with E-state index in [4.69, 9.17) is 9.26 Å². The second-order valence-corrected chi connectivity index (χ2v) is 4.84. The number of ether oxygens (including phenoxy) is 1. The van der Waals surface area contributed by atoms with Crippen molar-refractivity contribution in [1.82, 2.24) is 14.7 Å². The molecule has 0 unspecified atom stereocenters. The highest BCUT2D eigenvalue weighted by molar-refractivity contribution is 5.87. The van der Waals surface area contributed by atoms with Gasteiger partial charge in [-0.25, -0.2) is 4.79 Å². The maximum atomic E-state index is 11.6. The lowest BCUT2D eigenvalue weighted by molar-refractivity contribution is 0.0588. The van der Waals surface area contributed by atoms with Gasteiger partial charge >= 0.3 is 5.97 Å². The van der Waals surface area contributed by atoms with Gasteiger partial charge in [0.25, 0.3) is 0 Å². The molecule has 0 saturated heterocycles. The number of rotatable bonds is 4. The molecular formula is C16H15N3O3. The summed E-state index contributed by atoms with van der Waals surface area (Å²) in [5.74, 6) is 0.572. The first-order chi connectivity index (χ1) is 10.7. The van der Waals surface area contributed by atoms with Crippen LogP contribution in [0.4, 0.5) is 0 Å². The third-order valence-electron chi connectivity index (χ3n) is 3.38. The van der Waals surface area contributed by atoms with E-state index in [1.165, 1.54) is 7.11 Å². The highest BCUT2D eigenvalue weighted by atomic mass is 16.5. The van der Waals surface area contributed by atoms with Gasteiger partial charge in [0.15, 0.2) is 0 Å². The number of carbonyl (C=O) groups is 1. The van der Waals surface area contributed by atoms with Crippen LogP contribution in [0.5, 0.6) is 0 Å². The van der Waals surface area contributed by atoms with Gasteiger partial charge in [-0.3, -0.25) is 0 Å². The number of hydrogen-bond donors (Lipinski definition) is 0. The molecule has 0 amide bonds. The molecular weight excluding hydrogens is 282 g/mol. The Morgan fingerprint density at radius 3 is 2.86 bits per heavy atom. The van der Waals surface area contributed by atoms with Gasteiger partial charge in [0.05, 0.1) is 7.11 Å². The number of carbonyl (C=O) groups excluding carboxylic acids is 1. The number of hydrogen-bond acceptors (Lipinski definition) is 5. The summed E-state index contributed by atoms with van der Waals surface area (Å²) >= 11 is 0. The fraction of sp³-hybridized carbons (Fsp3) is 0.188. The molecule has 0 aliphatic carbocycles. The molecule has 2 heterocycles. The molecule has 0 bridgehead atoms. The van der Waals surface area contributed by atoms with Crippen LogP contribution in [0.1, 0.15) is 21.9 Å². The van der Waals surface area contributed by atoms with Gasteiger partial charge in [-0.15, -0.1) is 0 Å². The second kappa shape index (κ2) is 5.85. The van der Waals surface area contributed by atoms with Crippen LogP contribution in [0.15, 0.2) is 47.1 Å². The maximum absolute atomic E-state index is 11.6. The molecule has 0 N–H and O–H groups in total. The van der Waals surface area contributed by atoms with Crippen molar-refractivity contribution in [2.24, 2.45) is 0 Å². The van der Waals surface area contributed by atoms with Gasteiger partial charge in [-0.2, -0.15) is 4.98 Å². The Bertz CT molecular complexity index is 804. The molecule has 1 aromatic carbocycles. The SMILES string of the molecule is COC(=O)c1cccn1Cc1nc(-c2ccccc2C)no1. The summed E-state index contributed by atoms with van der Waals surface area (Å²) in [4.78, 5) is 16.0. The topological polar surface area (TPSA) is 70.2 Å². The highest BCUT2D eigenvalue weighted by Crippen LogP contribution is 2.20. The largest absolute Gasteiger partial charge is 0.464 e. The molecule has 0 atom stereocenters. The first-order valence-electron chi connectivity index (χ1n) is 6.81. The second-order valence-electron chi connectivity index (χ2n) is 4.84. The fourth-order valence-corrected chi connectivity index (χ4v) is 2.24. The minimum Gasteiger partial charge on any atom is -0.464 e. The van der Waals surface area contributed by atoms with Crippen LogP contribution in [0.2, 0.25) is 0 Å². The van der Waals surface area contributed by atoms with E-state index in [9.17, 15) is 4.79 Å². The molecule has 0 radical (unpaired) electrons. The molecule has 22 heavy (non-hydrogen) atoms. The normalized spacial score (nSPS) is 10.6. The summed E-state index contributed by atoms with van der Waals surface area (Å²) in [7, 11) is 1.35. The zero-order chi connectivity index (χ0) is 15.5. The van der Waals surface area contributed by atoms with Crippen LogP contribution in [0, 0.1) is 6.92 Å². The lowest BCUT2D eigenvalue weighted by Gasteiger charge is -2.04. The fourth-order valence-electron chi connectivity index (χ4n) is 2.24. The predicted octanol–water partition coefficient (Wildman–Crippen LogP) is 2.68. The quantitative estimate of drug-likeness (QED) is 0.692. The molecule has 6 heteroatoms. The third-order valence-corrected chi connectivity index (χ3v) is 3.38. The number of aryl methyl sites for hydroxylation is 1. The monoisotopic (exact) mass is 297 g/mol. The zero-order valence-corrected chi connectivity index (χ0v) is 12.3. The van der Waals surface area contributed by atoms with Crippen LogP contribution in [-0.4, -0.2) is 27.8 Å². The summed E-state index contributed by atoms with van der Waals surface area (Å²) in [6.07, 6.45) is 1.77. The minimum atomic E-state index is -0.399. The van der Waals surface area contributed by atoms with Crippen LogP contribution in [-0.2, 0) is 11.3 Å². The van der Waals surface area contributed by atoms with Crippen LogP contribution in [0.25, 0.3) is 11.4 Å². The molecule has 112 valence electrons. The first-order valence-corrected chi connectivity index (χ1v) is 6.81. The van der Waals surface area contributed by atoms with Crippen LogP contribution >= 0.6 is 0 Å². The summed E-state index contributed by atoms with van der Waals surface area (Å²) < 4.78 is 11.7. The van der Waals surface area contributed by atoms with Gasteiger partial charge in [0.2, 0.25) is 11.7 Å². The molecule has 0 spiro atoms. The van der Waals surface area contributed by atoms with Gasteiger partial charge in [-0.05, 0) is 24.6 Å². The lowest BCUT2D eigenvalue weighted by Crippen LogP contribution is -2.10. The van der Waals surface area contributed by atoms with Crippen LogP contribution < -0.4 is 0 Å². The Kier molecular flexibility index (Phi) is 3.74. The van der Waals surface area contributed by atoms with E-state index in [2.05, 4.69) is 10.1 Å². The molecule has 0 saturated carbocycles. The Labute approximate surface area is 127 Å². The van der Waals surface area contributed by atoms with E-state index in [0.29, 0.717) is 24.0 Å². The molecule has 0 aliphatic rings. The van der Waals surface area contributed by atoms with Gasteiger partial charge < -0.3 is 13.8 Å². The number of methoxy groups -OCH3 is 1. The Morgan fingerprint density at radius 1 is 1.27 bits per heavy atom. The number of benzene rings is 1. The smallest absolute Gasteiger partial charge is 0.354 e. The van der Waals surface area contributed by atoms with Gasteiger partial charge in [-0.1, -0.05) is 29.4 Å². The summed E-state index contributed by atoms with van der Waals surface area (Å²) in [6, 6.07) is 11.3. The Morgan fingerprint density at radius 2 is 2.09 bits per heavy atom. The number of esters is 1. The van der Waals surface area contributed by atoms with E-state index in [1.54, 1.807) is 22.9 Å². The number of nitrogens with zero attached hydrogens (tertiary/aromatic N) is 3. The first kappa shape index (κ1) is 14.1. The maximum Gasteiger partial charge on any atom is 0.354 e. The molecule has 0 fully saturated rings. The molecule has 2 aromatic heterocycles. The van der Waals surface area contributed by atoms with Gasteiger partial charge in [0.1, 0.15) is 12.2 Å². The third kappa shape index (κ3) is 2.63. The standard InChI is InChI=1S/C16H15N3O3/c1-11-6-3-4-7-12(11)15-17-14(22-18-15)10-19-9-5-8-13(19)16(20)21-2/h3-9H,10H2,1-2H3. The summed E-state index contributed by atoms with van der Waals surface area (Å²) in [5, 5.41) is 4.01. The van der Waals surface area contributed by atoms with Gasteiger partial charge in [0, 0.05) is 11.8 Å². The highest BCUT2D eigenvalue weighted by Gasteiger charge is 2.15. The van der Waals surface area contributed by atoms with E-state index in [1.807, 2.05) is 31.2 Å². The van der Waals surface area contributed by atoms with E-state index in [-0.39, 0.29) is 0 Å². The Balaban J connectivity index is 1.85.